The van der Waals surface area contributed by atoms with Crippen molar-refractivity contribution in [3.05, 3.63) is 59.7 Å². The molecule has 2 rings (SSSR count). The Labute approximate surface area is 168 Å². The molecule has 158 valence electrons. The molecule has 0 aromatic heterocycles. The summed E-state index contributed by atoms with van der Waals surface area (Å²) in [5.74, 6) is -0.604. The van der Waals surface area contributed by atoms with Gasteiger partial charge in [-0.3, -0.25) is 9.10 Å². The van der Waals surface area contributed by atoms with Gasteiger partial charge >= 0.3 is 6.18 Å². The fourth-order valence-electron chi connectivity index (χ4n) is 2.54. The molecule has 1 amide bonds. The minimum atomic E-state index is -4.64. The molecule has 5 nitrogen and oxygen atoms in total. The van der Waals surface area contributed by atoms with E-state index in [0.29, 0.717) is 10.7 Å². The molecule has 0 spiro atoms. The first-order valence-electron chi connectivity index (χ1n) is 9.01. The van der Waals surface area contributed by atoms with E-state index in [1.807, 2.05) is 6.92 Å². The number of carbonyl (C=O) groups is 1. The zero-order chi connectivity index (χ0) is 21.8. The Morgan fingerprint density at radius 1 is 1.14 bits per heavy atom. The Balaban J connectivity index is 2.51. The summed E-state index contributed by atoms with van der Waals surface area (Å²) in [4.78, 5) is 12.3. The Morgan fingerprint density at radius 2 is 1.76 bits per heavy atom. The highest BCUT2D eigenvalue weighted by molar-refractivity contribution is 7.92. The highest BCUT2D eigenvalue weighted by Crippen LogP contribution is 2.33. The quantitative estimate of drug-likeness (QED) is 0.721. The van der Waals surface area contributed by atoms with Crippen LogP contribution in [0.4, 0.5) is 18.9 Å². The largest absolute Gasteiger partial charge is 0.416 e. The summed E-state index contributed by atoms with van der Waals surface area (Å²) in [5.41, 5.74) is -0.412. The first-order valence-corrected chi connectivity index (χ1v) is 10.4. The number of hydrogen-bond donors (Lipinski definition) is 1. The summed E-state index contributed by atoms with van der Waals surface area (Å²) in [6.45, 7) is 4.74. The van der Waals surface area contributed by atoms with E-state index in [4.69, 9.17) is 0 Å². The predicted octanol–water partition coefficient (Wildman–Crippen LogP) is 4.12. The predicted molar refractivity (Wildman–Crippen MR) is 105 cm³/mol. The van der Waals surface area contributed by atoms with Gasteiger partial charge in [0.25, 0.3) is 10.0 Å². The number of amides is 1. The molecule has 29 heavy (non-hydrogen) atoms. The maximum atomic E-state index is 13.2. The fourth-order valence-corrected chi connectivity index (χ4v) is 3.96. The number of hydrogen-bond acceptors (Lipinski definition) is 3. The lowest BCUT2D eigenvalue weighted by Crippen LogP contribution is -2.43. The Morgan fingerprint density at radius 3 is 2.31 bits per heavy atom. The maximum absolute atomic E-state index is 13.2. The standard InChI is InChI=1S/C20H23F3N2O3S/c1-4-15(3)24-19(26)13-25(17-7-5-6-16(12-17)20(21,22)23)29(27,28)18-10-8-14(2)9-11-18/h5-12,15H,4,13H2,1-3H3,(H,24,26)/t15-/m0/s1. The lowest BCUT2D eigenvalue weighted by molar-refractivity contribution is -0.137. The van der Waals surface area contributed by atoms with Crippen molar-refractivity contribution >= 4 is 21.6 Å². The van der Waals surface area contributed by atoms with Crippen LogP contribution in [0.15, 0.2) is 53.4 Å². The minimum absolute atomic E-state index is 0.114. The summed E-state index contributed by atoms with van der Waals surface area (Å²) in [6.07, 6.45) is -4.02. The molecular weight excluding hydrogens is 405 g/mol. The Kier molecular flexibility index (Phi) is 6.94. The lowest BCUT2D eigenvalue weighted by Gasteiger charge is -2.25. The van der Waals surface area contributed by atoms with E-state index >= 15 is 0 Å². The third-order valence-electron chi connectivity index (χ3n) is 4.38. The number of benzene rings is 2. The average molecular weight is 428 g/mol. The molecule has 0 aliphatic rings. The number of nitrogens with one attached hydrogen (secondary N) is 1. The molecule has 1 atom stereocenters. The summed E-state index contributed by atoms with van der Waals surface area (Å²) in [7, 11) is -4.27. The Hall–Kier alpha value is -2.55. The average Bonchev–Trinajstić information content (AvgIpc) is 2.65. The highest BCUT2D eigenvalue weighted by Gasteiger charge is 2.33. The first-order chi connectivity index (χ1) is 13.4. The van der Waals surface area contributed by atoms with Crippen LogP contribution in [0.5, 0.6) is 0 Å². The van der Waals surface area contributed by atoms with Gasteiger partial charge in [-0.05, 0) is 50.6 Å². The molecule has 0 bridgehead atoms. The molecule has 0 fully saturated rings. The van der Waals surface area contributed by atoms with E-state index < -0.39 is 34.2 Å². The van der Waals surface area contributed by atoms with Gasteiger partial charge in [0.15, 0.2) is 0 Å². The summed E-state index contributed by atoms with van der Waals surface area (Å²) in [5, 5.41) is 2.64. The number of anilines is 1. The number of carbonyl (C=O) groups excluding carboxylic acids is 1. The maximum Gasteiger partial charge on any atom is 0.416 e. The fraction of sp³-hybridized carbons (Fsp3) is 0.350. The molecule has 0 saturated heterocycles. The van der Waals surface area contributed by atoms with Gasteiger partial charge in [-0.2, -0.15) is 13.2 Å². The second-order valence-corrected chi connectivity index (χ2v) is 8.61. The van der Waals surface area contributed by atoms with Crippen molar-refractivity contribution in [2.24, 2.45) is 0 Å². The van der Waals surface area contributed by atoms with Crippen LogP contribution >= 0.6 is 0 Å². The van der Waals surface area contributed by atoms with Crippen molar-refractivity contribution in [1.29, 1.82) is 0 Å². The van der Waals surface area contributed by atoms with Crippen molar-refractivity contribution in [2.75, 3.05) is 10.8 Å². The minimum Gasteiger partial charge on any atom is -0.352 e. The Bertz CT molecular complexity index is 958. The van der Waals surface area contributed by atoms with Gasteiger partial charge in [0.05, 0.1) is 16.1 Å². The van der Waals surface area contributed by atoms with Crippen molar-refractivity contribution in [3.63, 3.8) is 0 Å². The molecule has 0 aliphatic carbocycles. The van der Waals surface area contributed by atoms with Gasteiger partial charge in [0.2, 0.25) is 5.91 Å². The second kappa shape index (κ2) is 8.86. The van der Waals surface area contributed by atoms with Crippen LogP contribution in [-0.2, 0) is 21.0 Å². The molecule has 0 aliphatic heterocycles. The van der Waals surface area contributed by atoms with Crippen molar-refractivity contribution < 1.29 is 26.4 Å². The lowest BCUT2D eigenvalue weighted by atomic mass is 10.2. The van der Waals surface area contributed by atoms with Gasteiger partial charge in [-0.1, -0.05) is 30.7 Å². The number of halogens is 3. The number of nitrogens with zero attached hydrogens (tertiary/aromatic N) is 1. The van der Waals surface area contributed by atoms with E-state index in [-0.39, 0.29) is 16.6 Å². The third-order valence-corrected chi connectivity index (χ3v) is 6.17. The van der Waals surface area contributed by atoms with Crippen LogP contribution in [-0.4, -0.2) is 26.9 Å². The van der Waals surface area contributed by atoms with Gasteiger partial charge in [0.1, 0.15) is 6.54 Å². The second-order valence-electron chi connectivity index (χ2n) is 6.75. The number of rotatable bonds is 7. The summed E-state index contributed by atoms with van der Waals surface area (Å²) in [6, 6.07) is 9.59. The number of aryl methyl sites for hydroxylation is 1. The van der Waals surface area contributed by atoms with E-state index in [9.17, 15) is 26.4 Å². The smallest absolute Gasteiger partial charge is 0.352 e. The third kappa shape index (κ3) is 5.72. The van der Waals surface area contributed by atoms with Crippen LogP contribution in [0.2, 0.25) is 0 Å². The number of alkyl halides is 3. The van der Waals surface area contributed by atoms with Crippen molar-refractivity contribution in [3.8, 4) is 0 Å². The van der Waals surface area contributed by atoms with Crippen LogP contribution in [0.25, 0.3) is 0 Å². The molecule has 2 aromatic carbocycles. The molecule has 9 heteroatoms. The normalized spacial score (nSPS) is 13.0. The van der Waals surface area contributed by atoms with Gasteiger partial charge < -0.3 is 5.32 Å². The van der Waals surface area contributed by atoms with Crippen LogP contribution in [0.1, 0.15) is 31.4 Å². The zero-order valence-electron chi connectivity index (χ0n) is 16.3. The van der Waals surface area contributed by atoms with Gasteiger partial charge in [-0.25, -0.2) is 8.42 Å². The highest BCUT2D eigenvalue weighted by atomic mass is 32.2. The first kappa shape index (κ1) is 22.7. The molecule has 0 heterocycles. The summed E-state index contributed by atoms with van der Waals surface area (Å²) >= 11 is 0. The molecule has 2 aromatic rings. The molecule has 0 saturated carbocycles. The van der Waals surface area contributed by atoms with E-state index in [0.717, 1.165) is 23.8 Å². The monoisotopic (exact) mass is 428 g/mol. The van der Waals surface area contributed by atoms with Crippen molar-refractivity contribution in [1.82, 2.24) is 5.32 Å². The molecular formula is C20H23F3N2O3S. The molecule has 1 N–H and O–H groups in total. The number of sulfonamides is 1. The van der Waals surface area contributed by atoms with Crippen LogP contribution in [0.3, 0.4) is 0 Å². The van der Waals surface area contributed by atoms with E-state index in [1.165, 1.54) is 18.2 Å². The summed E-state index contributed by atoms with van der Waals surface area (Å²) < 4.78 is 66.4. The van der Waals surface area contributed by atoms with Crippen molar-refractivity contribution in [2.45, 2.75) is 44.3 Å². The van der Waals surface area contributed by atoms with Crippen LogP contribution < -0.4 is 9.62 Å². The molecule has 0 radical (unpaired) electrons. The van der Waals surface area contributed by atoms with Gasteiger partial charge in [0, 0.05) is 6.04 Å². The molecule has 0 unspecified atom stereocenters. The van der Waals surface area contributed by atoms with Gasteiger partial charge in [-0.15, -0.1) is 0 Å². The van der Waals surface area contributed by atoms with Crippen LogP contribution in [0, 0.1) is 6.92 Å². The zero-order valence-corrected chi connectivity index (χ0v) is 17.1. The SMILES string of the molecule is CC[C@H](C)NC(=O)CN(c1cccc(C(F)(F)F)c1)S(=O)(=O)c1ccc(C)cc1. The van der Waals surface area contributed by atoms with E-state index in [1.54, 1.807) is 26.0 Å². The van der Waals surface area contributed by atoms with E-state index in [2.05, 4.69) is 5.32 Å². The topological polar surface area (TPSA) is 66.5 Å².